The molecule has 2 atom stereocenters. The molecule has 14 heteroatoms. The molecule has 0 radical (unpaired) electrons. The van der Waals surface area contributed by atoms with Crippen molar-refractivity contribution in [1.82, 2.24) is 9.80 Å². The highest BCUT2D eigenvalue weighted by molar-refractivity contribution is 5.86. The van der Waals surface area contributed by atoms with Crippen molar-refractivity contribution < 1.29 is 19.1 Å². The second kappa shape index (κ2) is 44.8. The smallest absolute Gasteiger partial charge is 0.239 e. The molecular formula is C50H92Cl4N6O4. The van der Waals surface area contributed by atoms with Crippen molar-refractivity contribution in [3.05, 3.63) is 48.5 Å². The van der Waals surface area contributed by atoms with E-state index in [0.717, 1.165) is 87.1 Å². The number of amides is 2. The van der Waals surface area contributed by atoms with Crippen molar-refractivity contribution in [1.29, 1.82) is 0 Å². The molecule has 0 saturated heterocycles. The van der Waals surface area contributed by atoms with Crippen LogP contribution in [-0.2, 0) is 9.59 Å². The van der Waals surface area contributed by atoms with Gasteiger partial charge in [0.15, 0.2) is 0 Å². The summed E-state index contributed by atoms with van der Waals surface area (Å²) < 4.78 is 12.8. The van der Waals surface area contributed by atoms with Crippen LogP contribution in [-0.4, -0.2) is 86.2 Å². The van der Waals surface area contributed by atoms with Crippen molar-refractivity contribution in [3.8, 4) is 22.6 Å². The Bertz CT molecular complexity index is 1280. The Morgan fingerprint density at radius 3 is 1.11 bits per heavy atom. The number of rotatable bonds is 39. The highest BCUT2D eigenvalue weighted by atomic mass is 35.5. The Kier molecular flexibility index (Phi) is 46.4. The number of halogens is 4. The maximum absolute atomic E-state index is 13.5. The predicted octanol–water partition coefficient (Wildman–Crippen LogP) is 11.4. The van der Waals surface area contributed by atoms with Crippen LogP contribution in [0.1, 0.15) is 168 Å². The number of nitrogens with zero attached hydrogens (tertiary/aromatic N) is 2. The van der Waals surface area contributed by atoms with Gasteiger partial charge in [0.25, 0.3) is 0 Å². The largest absolute Gasteiger partial charge is 0.493 e. The van der Waals surface area contributed by atoms with Gasteiger partial charge < -0.3 is 42.2 Å². The molecule has 2 aromatic carbocycles. The molecule has 0 aliphatic rings. The summed E-state index contributed by atoms with van der Waals surface area (Å²) in [6, 6.07) is 15.1. The quantitative estimate of drug-likeness (QED) is 0.0481. The maximum atomic E-state index is 13.5. The van der Waals surface area contributed by atoms with Gasteiger partial charge in [-0.1, -0.05) is 153 Å². The topological polar surface area (TPSA) is 163 Å². The monoisotopic (exact) mass is 981 g/mol. The van der Waals surface area contributed by atoms with Gasteiger partial charge in [-0.25, -0.2) is 0 Å². The van der Waals surface area contributed by atoms with Crippen LogP contribution in [0, 0.1) is 0 Å². The lowest BCUT2D eigenvalue weighted by molar-refractivity contribution is -0.133. The van der Waals surface area contributed by atoms with Gasteiger partial charge in [0.2, 0.25) is 11.8 Å². The Balaban J connectivity index is -0.00000930. The lowest BCUT2D eigenvalue weighted by Gasteiger charge is -2.26. The van der Waals surface area contributed by atoms with Crippen LogP contribution in [0.4, 0.5) is 0 Å². The van der Waals surface area contributed by atoms with E-state index >= 15 is 0 Å². The fourth-order valence-corrected chi connectivity index (χ4v) is 7.78. The summed E-state index contributed by atoms with van der Waals surface area (Å²) in [5.74, 6) is 1.62. The van der Waals surface area contributed by atoms with Crippen molar-refractivity contribution in [2.24, 2.45) is 22.9 Å². The molecule has 0 saturated carbocycles. The van der Waals surface area contributed by atoms with Gasteiger partial charge >= 0.3 is 0 Å². The van der Waals surface area contributed by atoms with Gasteiger partial charge in [-0.15, -0.1) is 49.6 Å². The Morgan fingerprint density at radius 2 is 0.766 bits per heavy atom. The molecule has 0 aliphatic carbocycles. The first-order valence-corrected chi connectivity index (χ1v) is 24.3. The Morgan fingerprint density at radius 1 is 0.453 bits per heavy atom. The first-order chi connectivity index (χ1) is 29.4. The summed E-state index contributed by atoms with van der Waals surface area (Å²) in [7, 11) is 0. The number of hydrogen-bond acceptors (Lipinski definition) is 8. The van der Waals surface area contributed by atoms with Gasteiger partial charge in [0, 0.05) is 37.3 Å². The zero-order chi connectivity index (χ0) is 43.5. The van der Waals surface area contributed by atoms with Crippen LogP contribution in [0.5, 0.6) is 11.5 Å². The Labute approximate surface area is 414 Å². The molecule has 2 rings (SSSR count). The van der Waals surface area contributed by atoms with Crippen LogP contribution >= 0.6 is 49.6 Å². The third-order valence-electron chi connectivity index (χ3n) is 11.5. The molecular weight excluding hydrogens is 890 g/mol. The van der Waals surface area contributed by atoms with E-state index in [4.69, 9.17) is 32.4 Å². The van der Waals surface area contributed by atoms with E-state index in [-0.39, 0.29) is 61.4 Å². The van der Waals surface area contributed by atoms with Crippen LogP contribution in [0.15, 0.2) is 48.5 Å². The first-order valence-electron chi connectivity index (χ1n) is 24.3. The van der Waals surface area contributed by atoms with E-state index in [1.54, 1.807) is 0 Å². The number of ether oxygens (including phenoxy) is 2. The number of nitrogens with two attached hydrogens (primary N) is 4. The Hall–Kier alpha value is -2.02. The van der Waals surface area contributed by atoms with Crippen molar-refractivity contribution in [3.63, 3.8) is 0 Å². The standard InChI is InChI=1S/C50H88N6O4.4ClH/c1-3-5-7-9-11-13-15-25-37-55(49(57)45(53)31-21-23-35-51)39-27-41-59-47-33-19-17-29-43(47)44-30-18-20-34-48(44)60-42-28-40-56(50(58)46(54)32-22-24-36-52)38-26-16-14-12-10-8-6-4-2;;;;/h17-20,29-30,33-34,45-46H,3-16,21-28,31-32,35-42,51-54H2,1-2H3;4*1H/t45-,46-;;;;/m0..../s1. The van der Waals surface area contributed by atoms with E-state index in [2.05, 4.69) is 26.0 Å². The molecule has 2 amide bonds. The van der Waals surface area contributed by atoms with Gasteiger partial charge in [0.1, 0.15) is 11.5 Å². The average molecular weight is 983 g/mol. The van der Waals surface area contributed by atoms with E-state index in [9.17, 15) is 9.59 Å². The van der Waals surface area contributed by atoms with Gasteiger partial charge in [-0.3, -0.25) is 9.59 Å². The molecule has 374 valence electrons. The molecule has 0 aromatic heterocycles. The molecule has 8 N–H and O–H groups in total. The highest BCUT2D eigenvalue weighted by Crippen LogP contribution is 2.36. The second-order valence-corrected chi connectivity index (χ2v) is 16.8. The SMILES string of the molecule is CCCCCCCCCCN(CCCOc1ccccc1-c1ccccc1OCCCN(CCCCCCCCCC)C(=O)[C@@H](N)CCCCN)C(=O)[C@@H](N)CCCCN.Cl.Cl.Cl.Cl. The summed E-state index contributed by atoms with van der Waals surface area (Å²) in [5, 5.41) is 0. The molecule has 0 unspecified atom stereocenters. The van der Waals surface area contributed by atoms with E-state index in [0.29, 0.717) is 65.1 Å². The molecule has 0 fully saturated rings. The fraction of sp³-hybridized carbons (Fsp3) is 0.720. The molecule has 0 spiro atoms. The van der Waals surface area contributed by atoms with Crippen molar-refractivity contribution in [2.75, 3.05) is 52.5 Å². The highest BCUT2D eigenvalue weighted by Gasteiger charge is 2.22. The van der Waals surface area contributed by atoms with Gasteiger partial charge in [-0.2, -0.15) is 0 Å². The normalized spacial score (nSPS) is 11.5. The average Bonchev–Trinajstić information content (AvgIpc) is 3.26. The van der Waals surface area contributed by atoms with Crippen LogP contribution in [0.3, 0.4) is 0 Å². The van der Waals surface area contributed by atoms with Crippen LogP contribution in [0.25, 0.3) is 11.1 Å². The molecule has 2 aromatic rings. The van der Waals surface area contributed by atoms with Gasteiger partial charge in [0.05, 0.1) is 25.3 Å². The fourth-order valence-electron chi connectivity index (χ4n) is 7.78. The zero-order valence-corrected chi connectivity index (χ0v) is 43.1. The van der Waals surface area contributed by atoms with Crippen LogP contribution in [0.2, 0.25) is 0 Å². The summed E-state index contributed by atoms with van der Waals surface area (Å²) >= 11 is 0. The van der Waals surface area contributed by atoms with Crippen LogP contribution < -0.4 is 32.4 Å². The summed E-state index contributed by atoms with van der Waals surface area (Å²) in [5.41, 5.74) is 26.1. The van der Waals surface area contributed by atoms with E-state index in [1.807, 2.05) is 46.2 Å². The summed E-state index contributed by atoms with van der Waals surface area (Å²) in [4.78, 5) is 30.9. The molecule has 0 aliphatic heterocycles. The first kappa shape index (κ1) is 66.3. The lowest BCUT2D eigenvalue weighted by atomic mass is 10.0. The lowest BCUT2D eigenvalue weighted by Crippen LogP contribution is -2.45. The molecule has 0 bridgehead atoms. The number of para-hydroxylation sites is 2. The molecule has 0 heterocycles. The number of unbranched alkanes of at least 4 members (excludes halogenated alkanes) is 16. The predicted molar refractivity (Wildman–Crippen MR) is 281 cm³/mol. The number of hydrogen-bond donors (Lipinski definition) is 4. The molecule has 64 heavy (non-hydrogen) atoms. The summed E-state index contributed by atoms with van der Waals surface area (Å²) in [6.07, 6.45) is 25.8. The minimum Gasteiger partial charge on any atom is -0.493 e. The minimum absolute atomic E-state index is 0. The number of benzene rings is 2. The third-order valence-corrected chi connectivity index (χ3v) is 11.5. The van der Waals surface area contributed by atoms with Crippen molar-refractivity contribution >= 4 is 61.4 Å². The van der Waals surface area contributed by atoms with Gasteiger partial charge in [-0.05, 0) is 76.6 Å². The minimum atomic E-state index is -0.494. The second-order valence-electron chi connectivity index (χ2n) is 16.8. The zero-order valence-electron chi connectivity index (χ0n) is 39.9. The maximum Gasteiger partial charge on any atom is 0.239 e. The number of carbonyl (C=O) groups excluding carboxylic acids is 2. The third kappa shape index (κ3) is 29.6. The van der Waals surface area contributed by atoms with Crippen molar-refractivity contribution in [2.45, 2.75) is 180 Å². The van der Waals surface area contributed by atoms with E-state index in [1.165, 1.54) is 77.0 Å². The number of carbonyl (C=O) groups is 2. The summed E-state index contributed by atoms with van der Waals surface area (Å²) in [6.45, 7) is 9.35. The molecule has 10 nitrogen and oxygen atoms in total. The van der Waals surface area contributed by atoms with E-state index < -0.39 is 12.1 Å².